The Morgan fingerprint density at radius 1 is 1.24 bits per heavy atom. The average molecular weight is 293 g/mol. The molecule has 5 heteroatoms. The Morgan fingerprint density at radius 3 is 2.62 bits per heavy atom. The average Bonchev–Trinajstić information content (AvgIpc) is 3.01. The van der Waals surface area contributed by atoms with Crippen LogP contribution in [-0.2, 0) is 15.8 Å². The number of hydrogen-bond acceptors (Lipinski definition) is 5. The number of nitrogens with zero attached hydrogens (tertiary/aromatic N) is 2. The van der Waals surface area contributed by atoms with Crippen molar-refractivity contribution < 1.29 is 9.26 Å². The van der Waals surface area contributed by atoms with E-state index in [0.29, 0.717) is 12.4 Å². The molecule has 2 N–H and O–H groups in total. The van der Waals surface area contributed by atoms with Gasteiger partial charge in [-0.3, -0.25) is 0 Å². The summed E-state index contributed by atoms with van der Waals surface area (Å²) in [6, 6.07) is 0. The molecule has 1 saturated carbocycles. The Balaban J connectivity index is 1.83. The lowest BCUT2D eigenvalue weighted by atomic mass is 9.70. The normalized spacial score (nSPS) is 37.6. The second-order valence-corrected chi connectivity index (χ2v) is 7.13. The van der Waals surface area contributed by atoms with Gasteiger partial charge < -0.3 is 15.0 Å². The van der Waals surface area contributed by atoms with Gasteiger partial charge in [0.25, 0.3) is 0 Å². The van der Waals surface area contributed by atoms with Crippen LogP contribution < -0.4 is 5.73 Å². The minimum Gasteiger partial charge on any atom is -0.367 e. The topological polar surface area (TPSA) is 74.2 Å². The summed E-state index contributed by atoms with van der Waals surface area (Å²) in [4.78, 5) is 4.71. The van der Waals surface area contributed by atoms with Gasteiger partial charge in [-0.25, -0.2) is 0 Å². The Bertz CT molecular complexity index is 472. The zero-order valence-corrected chi connectivity index (χ0v) is 13.2. The standard InChI is InChI=1S/C16H27N3O2/c1-12-5-8-16(11-17,9-6-12)14-18-13(19-21-14)15(2)7-3-4-10-20-15/h12H,3-11,17H2,1-2H3. The zero-order valence-electron chi connectivity index (χ0n) is 13.2. The Morgan fingerprint density at radius 2 is 2.00 bits per heavy atom. The zero-order chi connectivity index (χ0) is 14.9. The fourth-order valence-electron chi connectivity index (χ4n) is 3.58. The summed E-state index contributed by atoms with van der Waals surface area (Å²) < 4.78 is 11.6. The van der Waals surface area contributed by atoms with Gasteiger partial charge in [0.15, 0.2) is 0 Å². The first kappa shape index (κ1) is 15.0. The molecule has 5 nitrogen and oxygen atoms in total. The quantitative estimate of drug-likeness (QED) is 0.927. The maximum Gasteiger partial charge on any atom is 0.234 e. The van der Waals surface area contributed by atoms with Crippen molar-refractivity contribution >= 4 is 0 Å². The third-order valence-corrected chi connectivity index (χ3v) is 5.44. The molecule has 1 unspecified atom stereocenters. The fourth-order valence-corrected chi connectivity index (χ4v) is 3.58. The lowest BCUT2D eigenvalue weighted by Crippen LogP contribution is -2.39. The minimum atomic E-state index is -0.391. The van der Waals surface area contributed by atoms with E-state index in [4.69, 9.17) is 20.0 Å². The van der Waals surface area contributed by atoms with Crippen molar-refractivity contribution in [3.05, 3.63) is 11.7 Å². The van der Waals surface area contributed by atoms with Crippen LogP contribution in [0, 0.1) is 5.92 Å². The highest BCUT2D eigenvalue weighted by Crippen LogP contribution is 2.41. The van der Waals surface area contributed by atoms with Gasteiger partial charge in [0.1, 0.15) is 5.60 Å². The smallest absolute Gasteiger partial charge is 0.234 e. The molecule has 0 aromatic carbocycles. The van der Waals surface area contributed by atoms with Crippen molar-refractivity contribution in [2.45, 2.75) is 69.8 Å². The third-order valence-electron chi connectivity index (χ3n) is 5.44. The minimum absolute atomic E-state index is 0.122. The molecule has 1 atom stereocenters. The molecule has 21 heavy (non-hydrogen) atoms. The highest BCUT2D eigenvalue weighted by atomic mass is 16.5. The summed E-state index contributed by atoms with van der Waals surface area (Å²) in [5.74, 6) is 2.19. The van der Waals surface area contributed by atoms with Crippen LogP contribution in [0.2, 0.25) is 0 Å². The molecule has 1 saturated heterocycles. The number of ether oxygens (including phenoxy) is 1. The van der Waals surface area contributed by atoms with E-state index in [2.05, 4.69) is 19.0 Å². The molecule has 2 heterocycles. The van der Waals surface area contributed by atoms with E-state index >= 15 is 0 Å². The van der Waals surface area contributed by atoms with Crippen LogP contribution in [0.3, 0.4) is 0 Å². The second kappa shape index (κ2) is 5.69. The summed E-state index contributed by atoms with van der Waals surface area (Å²) in [5, 5.41) is 4.23. The molecule has 1 aromatic heterocycles. The van der Waals surface area contributed by atoms with Gasteiger partial charge >= 0.3 is 0 Å². The van der Waals surface area contributed by atoms with Crippen molar-refractivity contribution in [3.63, 3.8) is 0 Å². The molecule has 1 aliphatic heterocycles. The molecular weight excluding hydrogens is 266 g/mol. The second-order valence-electron chi connectivity index (χ2n) is 7.13. The molecule has 2 fully saturated rings. The van der Waals surface area contributed by atoms with Gasteiger partial charge in [-0.15, -0.1) is 0 Å². The van der Waals surface area contributed by atoms with Crippen molar-refractivity contribution in [3.8, 4) is 0 Å². The molecule has 0 radical (unpaired) electrons. The highest BCUT2D eigenvalue weighted by Gasteiger charge is 2.42. The van der Waals surface area contributed by atoms with Gasteiger partial charge in [-0.05, 0) is 57.8 Å². The summed E-state index contributed by atoms with van der Waals surface area (Å²) >= 11 is 0. The van der Waals surface area contributed by atoms with Crippen LogP contribution in [-0.4, -0.2) is 23.3 Å². The van der Waals surface area contributed by atoms with Crippen LogP contribution in [0.1, 0.15) is 70.5 Å². The number of nitrogens with two attached hydrogens (primary N) is 1. The molecule has 118 valence electrons. The van der Waals surface area contributed by atoms with Crippen LogP contribution in [0.25, 0.3) is 0 Å². The molecule has 1 aliphatic carbocycles. The summed E-state index contributed by atoms with van der Waals surface area (Å²) in [7, 11) is 0. The van der Waals surface area contributed by atoms with Crippen LogP contribution in [0.15, 0.2) is 4.52 Å². The van der Waals surface area contributed by atoms with Gasteiger partial charge in [-0.1, -0.05) is 12.1 Å². The first-order valence-electron chi connectivity index (χ1n) is 8.27. The number of rotatable bonds is 3. The Hall–Kier alpha value is -0.940. The van der Waals surface area contributed by atoms with Crippen LogP contribution in [0.4, 0.5) is 0 Å². The van der Waals surface area contributed by atoms with Gasteiger partial charge in [0, 0.05) is 13.2 Å². The number of hydrogen-bond donors (Lipinski definition) is 1. The highest BCUT2D eigenvalue weighted by molar-refractivity contribution is 5.11. The van der Waals surface area contributed by atoms with Crippen molar-refractivity contribution in [2.24, 2.45) is 11.7 Å². The van der Waals surface area contributed by atoms with Gasteiger partial charge in [0.05, 0.1) is 5.41 Å². The summed E-state index contributed by atoms with van der Waals surface area (Å²) in [6.07, 6.45) is 7.68. The molecule has 0 spiro atoms. The Labute approximate surface area is 126 Å². The molecule has 0 amide bonds. The van der Waals surface area contributed by atoms with E-state index in [0.717, 1.165) is 50.5 Å². The lowest BCUT2D eigenvalue weighted by molar-refractivity contribution is -0.0770. The molecule has 2 aliphatic rings. The van der Waals surface area contributed by atoms with E-state index < -0.39 is 5.60 Å². The fraction of sp³-hybridized carbons (Fsp3) is 0.875. The first-order chi connectivity index (χ1) is 10.1. The molecule has 1 aromatic rings. The maximum absolute atomic E-state index is 6.08. The summed E-state index contributed by atoms with van der Waals surface area (Å²) in [5.41, 5.74) is 5.56. The van der Waals surface area contributed by atoms with Crippen LogP contribution >= 0.6 is 0 Å². The van der Waals surface area contributed by atoms with Gasteiger partial charge in [0.2, 0.25) is 11.7 Å². The SMILES string of the molecule is CC1CCC(CN)(c2nc(C3(C)CCCCO3)no2)CC1. The van der Waals surface area contributed by atoms with Crippen molar-refractivity contribution in [1.82, 2.24) is 10.1 Å². The van der Waals surface area contributed by atoms with E-state index in [1.165, 1.54) is 12.8 Å². The van der Waals surface area contributed by atoms with E-state index in [9.17, 15) is 0 Å². The van der Waals surface area contributed by atoms with Crippen molar-refractivity contribution in [1.29, 1.82) is 0 Å². The van der Waals surface area contributed by atoms with E-state index in [1.54, 1.807) is 0 Å². The largest absolute Gasteiger partial charge is 0.367 e. The lowest BCUT2D eigenvalue weighted by Gasteiger charge is -2.35. The third kappa shape index (κ3) is 2.73. The van der Waals surface area contributed by atoms with E-state index in [-0.39, 0.29) is 5.41 Å². The predicted molar refractivity (Wildman–Crippen MR) is 79.8 cm³/mol. The van der Waals surface area contributed by atoms with Crippen molar-refractivity contribution in [2.75, 3.05) is 13.2 Å². The van der Waals surface area contributed by atoms with Crippen LogP contribution in [0.5, 0.6) is 0 Å². The molecule has 3 rings (SSSR count). The molecular formula is C16H27N3O2. The molecule has 0 bridgehead atoms. The number of aromatic nitrogens is 2. The van der Waals surface area contributed by atoms with E-state index in [1.807, 2.05) is 0 Å². The Kier molecular flexibility index (Phi) is 4.06. The maximum atomic E-state index is 6.08. The van der Waals surface area contributed by atoms with Gasteiger partial charge in [-0.2, -0.15) is 4.98 Å². The predicted octanol–water partition coefficient (Wildman–Crippen LogP) is 2.89. The summed E-state index contributed by atoms with van der Waals surface area (Å²) in [6.45, 7) is 5.73. The monoisotopic (exact) mass is 293 g/mol. The first-order valence-corrected chi connectivity index (χ1v) is 8.27.